The van der Waals surface area contributed by atoms with E-state index in [1.165, 1.54) is 25.7 Å². The van der Waals surface area contributed by atoms with E-state index in [9.17, 15) is 0 Å². The van der Waals surface area contributed by atoms with Gasteiger partial charge in [-0.25, -0.2) is 0 Å². The molecule has 0 amide bonds. The van der Waals surface area contributed by atoms with Crippen molar-refractivity contribution in [3.8, 4) is 0 Å². The molecule has 108 valence electrons. The first-order valence-corrected chi connectivity index (χ1v) is 7.79. The monoisotopic (exact) mass is 256 g/mol. The first-order valence-electron chi connectivity index (χ1n) is 7.79. The molecule has 0 aliphatic carbocycles. The van der Waals surface area contributed by atoms with Gasteiger partial charge in [0.2, 0.25) is 0 Å². The Morgan fingerprint density at radius 3 is 2.39 bits per heavy atom. The number of hydrogen-bond donors (Lipinski definition) is 1. The Labute approximate surface area is 113 Å². The summed E-state index contributed by atoms with van der Waals surface area (Å²) in [5.74, 6) is 0. The van der Waals surface area contributed by atoms with Gasteiger partial charge in [-0.15, -0.1) is 0 Å². The molecule has 0 aromatic heterocycles. The Morgan fingerprint density at radius 2 is 1.94 bits per heavy atom. The highest BCUT2D eigenvalue weighted by atomic mass is 16.5. The number of rotatable bonds is 9. The van der Waals surface area contributed by atoms with E-state index in [-0.39, 0.29) is 5.54 Å². The van der Waals surface area contributed by atoms with Gasteiger partial charge in [-0.05, 0) is 45.1 Å². The molecule has 1 atom stereocenters. The van der Waals surface area contributed by atoms with Gasteiger partial charge in [-0.3, -0.25) is 4.90 Å². The van der Waals surface area contributed by atoms with Crippen molar-refractivity contribution in [1.29, 1.82) is 0 Å². The molecule has 1 aliphatic heterocycles. The van der Waals surface area contributed by atoms with Gasteiger partial charge in [0.05, 0.1) is 6.10 Å². The second-order valence-corrected chi connectivity index (χ2v) is 5.55. The van der Waals surface area contributed by atoms with Crippen LogP contribution in [0.1, 0.15) is 59.3 Å². The molecule has 1 fully saturated rings. The summed E-state index contributed by atoms with van der Waals surface area (Å²) >= 11 is 0. The van der Waals surface area contributed by atoms with E-state index in [2.05, 4.69) is 25.7 Å². The average molecular weight is 256 g/mol. The Hall–Kier alpha value is -0.120. The first-order chi connectivity index (χ1) is 8.72. The van der Waals surface area contributed by atoms with Gasteiger partial charge >= 0.3 is 0 Å². The fourth-order valence-corrected chi connectivity index (χ4v) is 3.14. The van der Waals surface area contributed by atoms with E-state index in [0.29, 0.717) is 6.10 Å². The molecule has 0 radical (unpaired) electrons. The first kappa shape index (κ1) is 15.9. The van der Waals surface area contributed by atoms with Gasteiger partial charge in [0, 0.05) is 25.2 Å². The fraction of sp³-hybridized carbons (Fsp3) is 1.00. The second-order valence-electron chi connectivity index (χ2n) is 5.55. The molecule has 0 bridgehead atoms. The van der Waals surface area contributed by atoms with Crippen LogP contribution in [0.3, 0.4) is 0 Å². The minimum absolute atomic E-state index is 0.203. The maximum absolute atomic E-state index is 6.07. The van der Waals surface area contributed by atoms with Crippen LogP contribution < -0.4 is 5.73 Å². The smallest absolute Gasteiger partial charge is 0.0588 e. The normalized spacial score (nSPS) is 20.8. The largest absolute Gasteiger partial charge is 0.378 e. The van der Waals surface area contributed by atoms with Crippen molar-refractivity contribution in [3.63, 3.8) is 0 Å². The van der Waals surface area contributed by atoms with Crippen molar-refractivity contribution in [2.75, 3.05) is 26.2 Å². The molecule has 1 aliphatic rings. The summed E-state index contributed by atoms with van der Waals surface area (Å²) in [5.41, 5.74) is 6.27. The molecular weight excluding hydrogens is 224 g/mol. The van der Waals surface area contributed by atoms with Gasteiger partial charge in [-0.1, -0.05) is 20.8 Å². The second kappa shape index (κ2) is 8.13. The fourth-order valence-electron chi connectivity index (χ4n) is 3.14. The van der Waals surface area contributed by atoms with Gasteiger partial charge < -0.3 is 10.5 Å². The molecular formula is C15H32N2O. The van der Waals surface area contributed by atoms with Crippen LogP contribution in [0.2, 0.25) is 0 Å². The number of hydrogen-bond acceptors (Lipinski definition) is 3. The SMILES string of the molecule is CCCN(CCC1CCCO1)C(CC)(CC)CN. The molecule has 0 aromatic rings. The quantitative estimate of drug-likeness (QED) is 0.689. The Kier molecular flexibility index (Phi) is 7.20. The van der Waals surface area contributed by atoms with Crippen molar-refractivity contribution in [1.82, 2.24) is 4.90 Å². The molecule has 0 spiro atoms. The lowest BCUT2D eigenvalue weighted by Gasteiger charge is -2.43. The minimum Gasteiger partial charge on any atom is -0.378 e. The lowest BCUT2D eigenvalue weighted by molar-refractivity contribution is 0.0495. The maximum atomic E-state index is 6.07. The van der Waals surface area contributed by atoms with Crippen molar-refractivity contribution >= 4 is 0 Å². The van der Waals surface area contributed by atoms with E-state index in [1.54, 1.807) is 0 Å². The predicted octanol–water partition coefficient (Wildman–Crippen LogP) is 2.79. The van der Waals surface area contributed by atoms with E-state index < -0.39 is 0 Å². The lowest BCUT2D eigenvalue weighted by atomic mass is 9.90. The molecule has 3 heteroatoms. The highest BCUT2D eigenvalue weighted by molar-refractivity contribution is 4.89. The van der Waals surface area contributed by atoms with Crippen LogP contribution in [0, 0.1) is 0 Å². The summed E-state index contributed by atoms with van der Waals surface area (Å²) < 4.78 is 5.74. The molecule has 18 heavy (non-hydrogen) atoms. The van der Waals surface area contributed by atoms with Crippen LogP contribution in [0.5, 0.6) is 0 Å². The topological polar surface area (TPSA) is 38.5 Å². The minimum atomic E-state index is 0.203. The molecule has 0 aromatic carbocycles. The number of nitrogens with two attached hydrogens (primary N) is 1. The zero-order valence-electron chi connectivity index (χ0n) is 12.6. The molecule has 3 nitrogen and oxygen atoms in total. The van der Waals surface area contributed by atoms with E-state index >= 15 is 0 Å². The molecule has 1 rings (SSSR count). The molecule has 1 heterocycles. The van der Waals surface area contributed by atoms with Gasteiger partial charge in [0.25, 0.3) is 0 Å². The Balaban J connectivity index is 2.55. The van der Waals surface area contributed by atoms with Crippen LogP contribution in [-0.4, -0.2) is 42.8 Å². The number of ether oxygens (including phenoxy) is 1. The highest BCUT2D eigenvalue weighted by Gasteiger charge is 2.31. The summed E-state index contributed by atoms with van der Waals surface area (Å²) in [7, 11) is 0. The summed E-state index contributed by atoms with van der Waals surface area (Å²) in [6.45, 7) is 10.8. The maximum Gasteiger partial charge on any atom is 0.0588 e. The van der Waals surface area contributed by atoms with Crippen molar-refractivity contribution in [2.45, 2.75) is 70.9 Å². The average Bonchev–Trinajstić information content (AvgIpc) is 2.91. The van der Waals surface area contributed by atoms with Crippen molar-refractivity contribution < 1.29 is 4.74 Å². The van der Waals surface area contributed by atoms with Gasteiger partial charge in [0.15, 0.2) is 0 Å². The van der Waals surface area contributed by atoms with E-state index in [1.807, 2.05) is 0 Å². The molecule has 0 saturated carbocycles. The van der Waals surface area contributed by atoms with E-state index in [0.717, 1.165) is 39.1 Å². The molecule has 2 N–H and O–H groups in total. The van der Waals surface area contributed by atoms with Crippen LogP contribution in [0.25, 0.3) is 0 Å². The van der Waals surface area contributed by atoms with Crippen LogP contribution in [0.4, 0.5) is 0 Å². The molecule has 1 saturated heterocycles. The van der Waals surface area contributed by atoms with Gasteiger partial charge in [0.1, 0.15) is 0 Å². The summed E-state index contributed by atoms with van der Waals surface area (Å²) in [5, 5.41) is 0. The van der Waals surface area contributed by atoms with Crippen molar-refractivity contribution in [3.05, 3.63) is 0 Å². The summed E-state index contributed by atoms with van der Waals surface area (Å²) in [6, 6.07) is 0. The Morgan fingerprint density at radius 1 is 1.22 bits per heavy atom. The van der Waals surface area contributed by atoms with Gasteiger partial charge in [-0.2, -0.15) is 0 Å². The van der Waals surface area contributed by atoms with Crippen LogP contribution >= 0.6 is 0 Å². The van der Waals surface area contributed by atoms with Crippen LogP contribution in [0.15, 0.2) is 0 Å². The summed E-state index contributed by atoms with van der Waals surface area (Å²) in [6.07, 6.45) is 7.63. The third-order valence-corrected chi connectivity index (χ3v) is 4.61. The standard InChI is InChI=1S/C15H32N2O/c1-4-10-17(15(5-2,6-3)13-16)11-9-14-8-7-12-18-14/h14H,4-13,16H2,1-3H3. The molecule has 1 unspecified atom stereocenters. The predicted molar refractivity (Wildman–Crippen MR) is 77.8 cm³/mol. The zero-order chi connectivity index (χ0) is 13.4. The Bertz CT molecular complexity index is 202. The van der Waals surface area contributed by atoms with Crippen LogP contribution in [-0.2, 0) is 4.74 Å². The lowest BCUT2D eigenvalue weighted by Crippen LogP contribution is -2.54. The number of nitrogens with zero attached hydrogens (tertiary/aromatic N) is 1. The third-order valence-electron chi connectivity index (χ3n) is 4.61. The third kappa shape index (κ3) is 3.94. The highest BCUT2D eigenvalue weighted by Crippen LogP contribution is 2.25. The van der Waals surface area contributed by atoms with Crippen molar-refractivity contribution in [2.24, 2.45) is 5.73 Å². The van der Waals surface area contributed by atoms with E-state index in [4.69, 9.17) is 10.5 Å². The zero-order valence-corrected chi connectivity index (χ0v) is 12.6. The summed E-state index contributed by atoms with van der Waals surface area (Å²) in [4.78, 5) is 2.62.